The van der Waals surface area contributed by atoms with E-state index in [1.807, 2.05) is 6.07 Å². The Hall–Kier alpha value is -0.890. The van der Waals surface area contributed by atoms with E-state index in [-0.39, 0.29) is 16.8 Å². The van der Waals surface area contributed by atoms with Crippen molar-refractivity contribution in [1.82, 2.24) is 0 Å². The summed E-state index contributed by atoms with van der Waals surface area (Å²) >= 11 is 0. The van der Waals surface area contributed by atoms with Crippen LogP contribution in [0.2, 0.25) is 0 Å². The first kappa shape index (κ1) is 9.66. The number of hydrogen-bond acceptors (Lipinski definition) is 1. The first-order valence-corrected chi connectivity index (χ1v) is 4.92. The molecule has 0 radical (unpaired) electrons. The maximum absolute atomic E-state index is 13.3. The van der Waals surface area contributed by atoms with Crippen LogP contribution in [0.5, 0.6) is 0 Å². The van der Waals surface area contributed by atoms with Gasteiger partial charge in [0.1, 0.15) is 5.82 Å². The summed E-state index contributed by atoms with van der Waals surface area (Å²) < 4.78 is 13.3. The van der Waals surface area contributed by atoms with E-state index in [1.165, 1.54) is 0 Å². The van der Waals surface area contributed by atoms with Crippen LogP contribution in [0.15, 0.2) is 18.2 Å². The number of rotatable bonds is 1. The van der Waals surface area contributed by atoms with Gasteiger partial charge in [0.05, 0.1) is 0 Å². The van der Waals surface area contributed by atoms with E-state index in [0.29, 0.717) is 5.56 Å². The Morgan fingerprint density at radius 2 is 1.93 bits per heavy atom. The molecule has 0 bridgehead atoms. The molecule has 0 aliphatic heterocycles. The van der Waals surface area contributed by atoms with Gasteiger partial charge in [0.2, 0.25) is 0 Å². The molecule has 1 aliphatic carbocycles. The van der Waals surface area contributed by atoms with Crippen molar-refractivity contribution in [2.24, 2.45) is 11.1 Å². The zero-order valence-electron chi connectivity index (χ0n) is 8.89. The molecular formula is C12H16FN. The molecule has 0 saturated heterocycles. The van der Waals surface area contributed by atoms with Gasteiger partial charge < -0.3 is 5.73 Å². The fourth-order valence-electron chi connectivity index (χ4n) is 2.02. The van der Waals surface area contributed by atoms with E-state index in [4.69, 9.17) is 5.73 Å². The average Bonchev–Trinajstić information content (AvgIpc) is 2.58. The van der Waals surface area contributed by atoms with Crippen LogP contribution in [-0.2, 0) is 5.54 Å². The summed E-state index contributed by atoms with van der Waals surface area (Å²) in [4.78, 5) is 0. The summed E-state index contributed by atoms with van der Waals surface area (Å²) in [6, 6.07) is 5.31. The third-order valence-corrected chi connectivity index (χ3v) is 3.49. The molecule has 1 aromatic rings. The third-order valence-electron chi connectivity index (χ3n) is 3.49. The summed E-state index contributed by atoms with van der Waals surface area (Å²) in [7, 11) is 0. The molecule has 76 valence electrons. The van der Waals surface area contributed by atoms with Gasteiger partial charge in [-0.25, -0.2) is 4.39 Å². The molecule has 2 heteroatoms. The van der Waals surface area contributed by atoms with E-state index < -0.39 is 0 Å². The molecule has 2 rings (SSSR count). The molecule has 1 aliphatic rings. The van der Waals surface area contributed by atoms with E-state index in [9.17, 15) is 4.39 Å². The van der Waals surface area contributed by atoms with Gasteiger partial charge in [0.25, 0.3) is 0 Å². The summed E-state index contributed by atoms with van der Waals surface area (Å²) in [5.74, 6) is -0.157. The minimum absolute atomic E-state index is 0.106. The van der Waals surface area contributed by atoms with Crippen LogP contribution >= 0.6 is 0 Å². The molecule has 0 amide bonds. The van der Waals surface area contributed by atoms with Gasteiger partial charge in [0.15, 0.2) is 0 Å². The normalized spacial score (nSPS) is 28.9. The zero-order valence-corrected chi connectivity index (χ0v) is 8.89. The lowest BCUT2D eigenvalue weighted by Gasteiger charge is -2.15. The van der Waals surface area contributed by atoms with Gasteiger partial charge in [-0.3, -0.25) is 0 Å². The predicted molar refractivity (Wildman–Crippen MR) is 55.4 cm³/mol. The van der Waals surface area contributed by atoms with Crippen molar-refractivity contribution in [1.29, 1.82) is 0 Å². The maximum Gasteiger partial charge on any atom is 0.126 e. The molecule has 1 unspecified atom stereocenters. The average molecular weight is 193 g/mol. The molecule has 14 heavy (non-hydrogen) atoms. The molecular weight excluding hydrogens is 177 g/mol. The van der Waals surface area contributed by atoms with Crippen molar-refractivity contribution in [3.05, 3.63) is 35.1 Å². The highest BCUT2D eigenvalue weighted by Crippen LogP contribution is 2.60. The largest absolute Gasteiger partial charge is 0.321 e. The topological polar surface area (TPSA) is 26.0 Å². The van der Waals surface area contributed by atoms with Crippen molar-refractivity contribution in [3.8, 4) is 0 Å². The second-order valence-corrected chi connectivity index (χ2v) is 5.00. The van der Waals surface area contributed by atoms with Crippen LogP contribution in [0.3, 0.4) is 0 Å². The number of halogens is 1. The van der Waals surface area contributed by atoms with E-state index in [0.717, 1.165) is 12.0 Å². The quantitative estimate of drug-likeness (QED) is 0.729. The second kappa shape index (κ2) is 2.57. The lowest BCUT2D eigenvalue weighted by molar-refractivity contribution is 0.506. The highest BCUT2D eigenvalue weighted by Gasteiger charge is 2.59. The molecule has 0 heterocycles. The lowest BCUT2D eigenvalue weighted by Crippen LogP contribution is -2.25. The summed E-state index contributed by atoms with van der Waals surface area (Å²) in [6.45, 7) is 6.00. The van der Waals surface area contributed by atoms with Crippen LogP contribution in [0.1, 0.15) is 31.4 Å². The van der Waals surface area contributed by atoms with Crippen molar-refractivity contribution in [3.63, 3.8) is 0 Å². The van der Waals surface area contributed by atoms with Crippen LogP contribution in [-0.4, -0.2) is 0 Å². The van der Waals surface area contributed by atoms with Gasteiger partial charge in [-0.1, -0.05) is 26.0 Å². The molecule has 1 aromatic carbocycles. The predicted octanol–water partition coefficient (Wildman–Crippen LogP) is 2.72. The Bertz CT molecular complexity index is 384. The number of hydrogen-bond donors (Lipinski definition) is 1. The summed E-state index contributed by atoms with van der Waals surface area (Å²) in [5, 5.41) is 0. The Kier molecular flexibility index (Phi) is 1.77. The molecule has 1 fully saturated rings. The highest BCUT2D eigenvalue weighted by molar-refractivity contribution is 5.37. The maximum atomic E-state index is 13.3. The SMILES string of the molecule is Cc1ccc(C2(N)CC2(C)C)cc1F. The minimum Gasteiger partial charge on any atom is -0.321 e. The van der Waals surface area contributed by atoms with Crippen molar-refractivity contribution >= 4 is 0 Å². The van der Waals surface area contributed by atoms with Crippen LogP contribution in [0.4, 0.5) is 4.39 Å². The lowest BCUT2D eigenvalue weighted by atomic mass is 9.96. The van der Waals surface area contributed by atoms with Crippen LogP contribution in [0.25, 0.3) is 0 Å². The first-order valence-electron chi connectivity index (χ1n) is 4.92. The number of nitrogens with two attached hydrogens (primary N) is 1. The van der Waals surface area contributed by atoms with E-state index >= 15 is 0 Å². The summed E-state index contributed by atoms with van der Waals surface area (Å²) in [5.41, 5.74) is 7.58. The Balaban J connectivity index is 2.40. The molecule has 2 N–H and O–H groups in total. The van der Waals surface area contributed by atoms with Gasteiger partial charge in [0, 0.05) is 5.54 Å². The fourth-order valence-corrected chi connectivity index (χ4v) is 2.02. The van der Waals surface area contributed by atoms with Crippen molar-refractivity contribution in [2.45, 2.75) is 32.7 Å². The number of aryl methyl sites for hydroxylation is 1. The van der Waals surface area contributed by atoms with Gasteiger partial charge in [-0.2, -0.15) is 0 Å². The Morgan fingerprint density at radius 1 is 1.36 bits per heavy atom. The first-order chi connectivity index (χ1) is 6.37. The monoisotopic (exact) mass is 193 g/mol. The third kappa shape index (κ3) is 1.17. The van der Waals surface area contributed by atoms with E-state index in [2.05, 4.69) is 13.8 Å². The smallest absolute Gasteiger partial charge is 0.126 e. The second-order valence-electron chi connectivity index (χ2n) is 5.00. The molecule has 1 atom stereocenters. The molecule has 0 spiro atoms. The van der Waals surface area contributed by atoms with E-state index in [1.54, 1.807) is 19.1 Å². The fraction of sp³-hybridized carbons (Fsp3) is 0.500. The van der Waals surface area contributed by atoms with Crippen LogP contribution < -0.4 is 5.73 Å². The molecule has 0 aromatic heterocycles. The van der Waals surface area contributed by atoms with Crippen molar-refractivity contribution in [2.75, 3.05) is 0 Å². The van der Waals surface area contributed by atoms with Gasteiger partial charge in [-0.15, -0.1) is 0 Å². The number of benzene rings is 1. The minimum atomic E-state index is -0.318. The zero-order chi connectivity index (χ0) is 10.6. The van der Waals surface area contributed by atoms with Crippen molar-refractivity contribution < 1.29 is 4.39 Å². The Morgan fingerprint density at radius 3 is 2.36 bits per heavy atom. The Labute approximate surface area is 84.1 Å². The molecule has 1 nitrogen and oxygen atoms in total. The highest BCUT2D eigenvalue weighted by atomic mass is 19.1. The molecule has 1 saturated carbocycles. The van der Waals surface area contributed by atoms with Gasteiger partial charge >= 0.3 is 0 Å². The van der Waals surface area contributed by atoms with Crippen LogP contribution in [0, 0.1) is 18.2 Å². The van der Waals surface area contributed by atoms with Gasteiger partial charge in [-0.05, 0) is 36.0 Å². The standard InChI is InChI=1S/C12H16FN/c1-8-4-5-9(6-10(8)13)12(14)7-11(12,2)3/h4-6H,7,14H2,1-3H3. The summed E-state index contributed by atoms with van der Waals surface area (Å²) in [6.07, 6.45) is 0.933.